The number of rotatable bonds is 14. The maximum absolute atomic E-state index is 13.4. The molecule has 0 atom stereocenters. The lowest BCUT2D eigenvalue weighted by Gasteiger charge is -2.41. The van der Waals surface area contributed by atoms with Crippen molar-refractivity contribution in [2.45, 2.75) is 121 Å². The molecule has 46 heavy (non-hydrogen) atoms. The molecule has 0 radical (unpaired) electrons. The van der Waals surface area contributed by atoms with Gasteiger partial charge < -0.3 is 15.1 Å². The van der Waals surface area contributed by atoms with E-state index in [4.69, 9.17) is 0 Å². The van der Waals surface area contributed by atoms with Gasteiger partial charge in [0.2, 0.25) is 5.91 Å². The fourth-order valence-electron chi connectivity index (χ4n) is 6.94. The van der Waals surface area contributed by atoms with Gasteiger partial charge in [-0.05, 0) is 135 Å². The number of thioether (sulfide) groups is 2. The van der Waals surface area contributed by atoms with Crippen molar-refractivity contribution in [3.05, 3.63) is 46.5 Å². The number of benzene rings is 2. The average Bonchev–Trinajstić information content (AvgIpc) is 3.46. The second kappa shape index (κ2) is 16.5. The standard InChI is InChI=1S/C39H60N2O3S2/c1-26(2)17-30-21-34(22-31(37(30)43)18-27(3)4)45-39(11-15-41(16-12-39)36(42)25-40-13-9-10-14-40)46-35-23-32(19-28(5)6)38(44)33(24-35)20-29(7)8/h21-24,26-29,43-44H,9-20,25H2,1-8H3. The molecule has 0 aromatic heterocycles. The largest absolute Gasteiger partial charge is 0.507 e. The summed E-state index contributed by atoms with van der Waals surface area (Å²) in [6.45, 7) is 21.8. The van der Waals surface area contributed by atoms with Gasteiger partial charge in [0.05, 0.1) is 10.6 Å². The number of amides is 1. The van der Waals surface area contributed by atoms with Gasteiger partial charge in [0.25, 0.3) is 0 Å². The Morgan fingerprint density at radius 2 is 1.00 bits per heavy atom. The summed E-state index contributed by atoms with van der Waals surface area (Å²) in [6, 6.07) is 8.90. The zero-order valence-corrected chi connectivity index (χ0v) is 31.5. The van der Waals surface area contributed by atoms with Crippen molar-refractivity contribution in [1.82, 2.24) is 9.80 Å². The van der Waals surface area contributed by atoms with Gasteiger partial charge >= 0.3 is 0 Å². The van der Waals surface area contributed by atoms with Crippen molar-refractivity contribution in [3.63, 3.8) is 0 Å². The fourth-order valence-corrected chi connectivity index (χ4v) is 10.1. The Balaban J connectivity index is 1.70. The van der Waals surface area contributed by atoms with Crippen LogP contribution in [0.2, 0.25) is 0 Å². The molecule has 4 rings (SSSR count). The third-order valence-electron chi connectivity index (χ3n) is 9.04. The second-order valence-corrected chi connectivity index (χ2v) is 18.7. The summed E-state index contributed by atoms with van der Waals surface area (Å²) < 4.78 is -0.174. The molecule has 5 nitrogen and oxygen atoms in total. The molecule has 7 heteroatoms. The lowest BCUT2D eigenvalue weighted by Crippen LogP contribution is -2.47. The van der Waals surface area contributed by atoms with E-state index >= 15 is 0 Å². The Morgan fingerprint density at radius 1 is 0.652 bits per heavy atom. The Morgan fingerprint density at radius 3 is 1.33 bits per heavy atom. The van der Waals surface area contributed by atoms with Crippen LogP contribution in [0.1, 0.15) is 103 Å². The van der Waals surface area contributed by atoms with Gasteiger partial charge in [-0.3, -0.25) is 9.69 Å². The first-order valence-corrected chi connectivity index (χ1v) is 19.4. The summed E-state index contributed by atoms with van der Waals surface area (Å²) in [5.74, 6) is 2.97. The summed E-state index contributed by atoms with van der Waals surface area (Å²) >= 11 is 3.86. The Labute approximate surface area is 288 Å². The highest BCUT2D eigenvalue weighted by atomic mass is 32.2. The summed E-state index contributed by atoms with van der Waals surface area (Å²) in [5, 5.41) is 22.5. The molecule has 0 aliphatic carbocycles. The summed E-state index contributed by atoms with van der Waals surface area (Å²) in [6.07, 6.45) is 7.54. The van der Waals surface area contributed by atoms with Crippen LogP contribution >= 0.6 is 23.5 Å². The first-order chi connectivity index (χ1) is 21.7. The molecule has 2 fully saturated rings. The van der Waals surface area contributed by atoms with Crippen LogP contribution in [-0.2, 0) is 30.5 Å². The molecule has 2 heterocycles. The molecule has 0 unspecified atom stereocenters. The molecule has 2 N–H and O–H groups in total. The number of phenolic OH excluding ortho intramolecular Hbond substituents is 2. The van der Waals surface area contributed by atoms with Gasteiger partial charge in [-0.25, -0.2) is 0 Å². The Kier molecular flexibility index (Phi) is 13.3. The predicted molar refractivity (Wildman–Crippen MR) is 196 cm³/mol. The molecular formula is C39H60N2O3S2. The normalized spacial score (nSPS) is 17.3. The second-order valence-electron chi connectivity index (χ2n) is 15.6. The minimum Gasteiger partial charge on any atom is -0.507 e. The fraction of sp³-hybridized carbons (Fsp3) is 0.667. The van der Waals surface area contributed by atoms with E-state index in [0.717, 1.165) is 87.0 Å². The van der Waals surface area contributed by atoms with Gasteiger partial charge in [0.15, 0.2) is 0 Å². The number of hydrogen-bond donors (Lipinski definition) is 2. The van der Waals surface area contributed by atoms with E-state index in [0.29, 0.717) is 41.7 Å². The zero-order chi connectivity index (χ0) is 33.6. The van der Waals surface area contributed by atoms with Crippen molar-refractivity contribution in [2.75, 3.05) is 32.7 Å². The van der Waals surface area contributed by atoms with Gasteiger partial charge in [-0.2, -0.15) is 0 Å². The molecule has 0 spiro atoms. The van der Waals surface area contributed by atoms with E-state index in [-0.39, 0.29) is 9.99 Å². The number of nitrogens with zero attached hydrogens (tertiary/aromatic N) is 2. The van der Waals surface area contributed by atoms with Crippen LogP contribution in [-0.4, -0.2) is 62.7 Å². The third kappa shape index (κ3) is 10.3. The number of aromatic hydroxyl groups is 2. The number of likely N-dealkylation sites (tertiary alicyclic amines) is 2. The van der Waals surface area contributed by atoms with Crippen LogP contribution in [0, 0.1) is 23.7 Å². The highest BCUT2D eigenvalue weighted by Crippen LogP contribution is 2.53. The summed E-state index contributed by atoms with van der Waals surface area (Å²) in [7, 11) is 0. The van der Waals surface area contributed by atoms with Crippen molar-refractivity contribution >= 4 is 29.4 Å². The first-order valence-electron chi connectivity index (χ1n) is 17.8. The van der Waals surface area contributed by atoms with Crippen LogP contribution in [0.4, 0.5) is 0 Å². The highest BCUT2D eigenvalue weighted by Gasteiger charge is 2.39. The van der Waals surface area contributed by atoms with E-state index in [2.05, 4.69) is 89.5 Å². The van der Waals surface area contributed by atoms with Crippen molar-refractivity contribution < 1.29 is 15.0 Å². The number of carbonyl (C=O) groups excluding carboxylic acids is 1. The lowest BCUT2D eigenvalue weighted by atomic mass is 9.95. The van der Waals surface area contributed by atoms with Crippen molar-refractivity contribution in [1.29, 1.82) is 0 Å². The van der Waals surface area contributed by atoms with Crippen LogP contribution in [0.25, 0.3) is 0 Å². The average molecular weight is 669 g/mol. The third-order valence-corrected chi connectivity index (χ3v) is 12.0. The molecule has 0 bridgehead atoms. The van der Waals surface area contributed by atoms with E-state index < -0.39 is 0 Å². The molecule has 2 saturated heterocycles. The molecule has 256 valence electrons. The molecule has 2 aliphatic rings. The quantitative estimate of drug-likeness (QED) is 0.196. The maximum atomic E-state index is 13.4. The van der Waals surface area contributed by atoms with Crippen molar-refractivity contribution in [2.24, 2.45) is 23.7 Å². The zero-order valence-electron chi connectivity index (χ0n) is 29.8. The molecule has 1 amide bonds. The number of carbonyl (C=O) groups is 1. The van der Waals surface area contributed by atoms with Gasteiger partial charge in [0.1, 0.15) is 11.5 Å². The number of phenols is 2. The van der Waals surface area contributed by atoms with E-state index in [1.807, 2.05) is 23.5 Å². The molecule has 0 saturated carbocycles. The minimum atomic E-state index is -0.174. The Hall–Kier alpha value is -1.83. The molecule has 2 aromatic rings. The van der Waals surface area contributed by atoms with Gasteiger partial charge in [-0.15, -0.1) is 23.5 Å². The van der Waals surface area contributed by atoms with E-state index in [1.54, 1.807) is 0 Å². The topological polar surface area (TPSA) is 64.0 Å². The molecular weight excluding hydrogens is 609 g/mol. The van der Waals surface area contributed by atoms with Crippen molar-refractivity contribution in [3.8, 4) is 11.5 Å². The number of piperidine rings is 1. The van der Waals surface area contributed by atoms with Gasteiger partial charge in [0, 0.05) is 22.9 Å². The first kappa shape index (κ1) is 37.0. The van der Waals surface area contributed by atoms with E-state index in [1.165, 1.54) is 22.6 Å². The smallest absolute Gasteiger partial charge is 0.236 e. The molecule has 2 aromatic carbocycles. The SMILES string of the molecule is CC(C)Cc1cc(SC2(Sc3cc(CC(C)C)c(O)c(CC(C)C)c3)CCN(C(=O)CN3CCCC3)CC2)cc(CC(C)C)c1O. The van der Waals surface area contributed by atoms with Gasteiger partial charge in [-0.1, -0.05) is 55.4 Å². The van der Waals surface area contributed by atoms with Crippen LogP contribution in [0.5, 0.6) is 11.5 Å². The predicted octanol–water partition coefficient (Wildman–Crippen LogP) is 9.19. The van der Waals surface area contributed by atoms with Crippen LogP contribution in [0.15, 0.2) is 34.1 Å². The lowest BCUT2D eigenvalue weighted by molar-refractivity contribution is -0.133. The van der Waals surface area contributed by atoms with Crippen LogP contribution < -0.4 is 0 Å². The van der Waals surface area contributed by atoms with E-state index in [9.17, 15) is 15.0 Å². The highest BCUT2D eigenvalue weighted by molar-refractivity contribution is 8.18. The summed E-state index contributed by atoms with van der Waals surface area (Å²) in [4.78, 5) is 20.2. The maximum Gasteiger partial charge on any atom is 0.236 e. The monoisotopic (exact) mass is 668 g/mol. The molecule has 2 aliphatic heterocycles. The number of hydrogen-bond acceptors (Lipinski definition) is 6. The van der Waals surface area contributed by atoms with Crippen LogP contribution in [0.3, 0.4) is 0 Å². The minimum absolute atomic E-state index is 0.174. The Bertz CT molecular complexity index is 1170. The summed E-state index contributed by atoms with van der Waals surface area (Å²) in [5.41, 5.74) is 4.16.